The number of nitrogens with zero attached hydrogens (tertiary/aromatic N) is 2. The zero-order chi connectivity index (χ0) is 21.1. The fourth-order valence-electron chi connectivity index (χ4n) is 3.02. The van der Waals surface area contributed by atoms with Crippen LogP contribution in [0.3, 0.4) is 0 Å². The molecule has 1 N–H and O–H groups in total. The number of amides is 1. The smallest absolute Gasteiger partial charge is 0.271 e. The first-order chi connectivity index (χ1) is 14.5. The van der Waals surface area contributed by atoms with Crippen LogP contribution in [0.25, 0.3) is 22.1 Å². The average molecular weight is 420 g/mol. The zero-order valence-electron chi connectivity index (χ0n) is 15.4. The Balaban J connectivity index is 1.51. The molecule has 0 unspecified atom stereocenters. The van der Waals surface area contributed by atoms with E-state index < -0.39 is 4.92 Å². The van der Waals surface area contributed by atoms with Crippen molar-refractivity contribution in [2.75, 3.05) is 0 Å². The van der Waals surface area contributed by atoms with Crippen LogP contribution in [0.15, 0.2) is 82.3 Å². The van der Waals surface area contributed by atoms with E-state index in [1.807, 2.05) is 36.4 Å². The number of carbonyl (C=O) groups excluding carboxylic acids is 1. The van der Waals surface area contributed by atoms with Gasteiger partial charge in [-0.05, 0) is 35.0 Å². The summed E-state index contributed by atoms with van der Waals surface area (Å²) < 4.78 is 5.64. The second-order valence-corrected chi connectivity index (χ2v) is 6.76. The molecule has 3 aromatic carbocycles. The minimum Gasteiger partial charge on any atom is -0.455 e. The normalized spacial score (nSPS) is 11.1. The lowest BCUT2D eigenvalue weighted by molar-refractivity contribution is -0.384. The van der Waals surface area contributed by atoms with Gasteiger partial charge in [-0.2, -0.15) is 5.10 Å². The van der Waals surface area contributed by atoms with Gasteiger partial charge < -0.3 is 4.42 Å². The van der Waals surface area contributed by atoms with Crippen molar-refractivity contribution in [1.82, 2.24) is 5.43 Å². The Kier molecular flexibility index (Phi) is 5.28. The van der Waals surface area contributed by atoms with Crippen LogP contribution in [0, 0.1) is 10.1 Å². The van der Waals surface area contributed by atoms with Gasteiger partial charge in [-0.1, -0.05) is 48.0 Å². The molecular formula is C22H14ClN3O4. The SMILES string of the molecule is O=C(N/N=C\c1ccc(-c2cc([N+](=O)[O-])ccc2Cl)o1)c1cccc2ccccc12. The van der Waals surface area contributed by atoms with Crippen molar-refractivity contribution in [3.05, 3.63) is 99.3 Å². The number of rotatable bonds is 5. The molecule has 0 bridgehead atoms. The van der Waals surface area contributed by atoms with Crippen molar-refractivity contribution in [2.45, 2.75) is 0 Å². The summed E-state index contributed by atoms with van der Waals surface area (Å²) in [4.78, 5) is 23.0. The molecular weight excluding hydrogens is 406 g/mol. The second kappa shape index (κ2) is 8.18. The zero-order valence-corrected chi connectivity index (χ0v) is 16.2. The molecule has 1 aromatic heterocycles. The number of hydrogen-bond acceptors (Lipinski definition) is 5. The molecule has 30 heavy (non-hydrogen) atoms. The monoisotopic (exact) mass is 419 g/mol. The first kappa shape index (κ1) is 19.4. The Labute approximate surface area is 175 Å². The van der Waals surface area contributed by atoms with Crippen LogP contribution in [0.4, 0.5) is 5.69 Å². The molecule has 0 radical (unpaired) electrons. The van der Waals surface area contributed by atoms with Crippen molar-refractivity contribution in [2.24, 2.45) is 5.10 Å². The topological polar surface area (TPSA) is 97.7 Å². The number of fused-ring (bicyclic) bond motifs is 1. The number of nitro groups is 1. The molecule has 0 atom stereocenters. The van der Waals surface area contributed by atoms with E-state index in [2.05, 4.69) is 10.5 Å². The molecule has 0 aliphatic rings. The van der Waals surface area contributed by atoms with E-state index in [0.29, 0.717) is 27.7 Å². The predicted molar refractivity (Wildman–Crippen MR) is 115 cm³/mol. The molecule has 0 saturated heterocycles. The third-order valence-electron chi connectivity index (χ3n) is 4.45. The number of furan rings is 1. The number of nitro benzene ring substituents is 1. The van der Waals surface area contributed by atoms with Crippen LogP contribution in [0.1, 0.15) is 16.1 Å². The molecule has 8 heteroatoms. The highest BCUT2D eigenvalue weighted by molar-refractivity contribution is 6.33. The number of hydrogen-bond donors (Lipinski definition) is 1. The van der Waals surface area contributed by atoms with E-state index in [1.165, 1.54) is 24.4 Å². The molecule has 1 amide bonds. The van der Waals surface area contributed by atoms with E-state index in [4.69, 9.17) is 16.0 Å². The molecule has 0 aliphatic heterocycles. The minimum absolute atomic E-state index is 0.0941. The fourth-order valence-corrected chi connectivity index (χ4v) is 3.23. The van der Waals surface area contributed by atoms with Crippen LogP contribution in [-0.2, 0) is 0 Å². The van der Waals surface area contributed by atoms with Crippen LogP contribution in [-0.4, -0.2) is 17.0 Å². The van der Waals surface area contributed by atoms with Gasteiger partial charge in [0.2, 0.25) is 0 Å². The van der Waals surface area contributed by atoms with Gasteiger partial charge in [0.1, 0.15) is 11.5 Å². The van der Waals surface area contributed by atoms with Crippen LogP contribution >= 0.6 is 11.6 Å². The Morgan fingerprint density at radius 3 is 2.70 bits per heavy atom. The molecule has 0 fully saturated rings. The van der Waals surface area contributed by atoms with E-state index in [9.17, 15) is 14.9 Å². The van der Waals surface area contributed by atoms with Gasteiger partial charge in [0.15, 0.2) is 0 Å². The maximum Gasteiger partial charge on any atom is 0.271 e. The van der Waals surface area contributed by atoms with Crippen molar-refractivity contribution in [1.29, 1.82) is 0 Å². The lowest BCUT2D eigenvalue weighted by Crippen LogP contribution is -2.17. The third kappa shape index (κ3) is 3.92. The third-order valence-corrected chi connectivity index (χ3v) is 4.77. The number of nitrogens with one attached hydrogen (secondary N) is 1. The van der Waals surface area contributed by atoms with Crippen molar-refractivity contribution in [3.8, 4) is 11.3 Å². The maximum atomic E-state index is 12.5. The first-order valence-electron chi connectivity index (χ1n) is 8.88. The summed E-state index contributed by atoms with van der Waals surface area (Å²) >= 11 is 6.13. The van der Waals surface area contributed by atoms with Gasteiger partial charge in [0.05, 0.1) is 16.2 Å². The van der Waals surface area contributed by atoms with Gasteiger partial charge in [-0.15, -0.1) is 0 Å². The van der Waals surface area contributed by atoms with Gasteiger partial charge in [-0.3, -0.25) is 14.9 Å². The predicted octanol–water partition coefficient (Wildman–Crippen LogP) is 5.43. The van der Waals surface area contributed by atoms with E-state index in [1.54, 1.807) is 18.2 Å². The summed E-state index contributed by atoms with van der Waals surface area (Å²) in [5.74, 6) is 0.355. The highest BCUT2D eigenvalue weighted by Gasteiger charge is 2.14. The second-order valence-electron chi connectivity index (χ2n) is 6.35. The summed E-state index contributed by atoms with van der Waals surface area (Å²) in [6.45, 7) is 0. The summed E-state index contributed by atoms with van der Waals surface area (Å²) in [6, 6.07) is 20.4. The maximum absolute atomic E-state index is 12.5. The largest absolute Gasteiger partial charge is 0.455 e. The van der Waals surface area contributed by atoms with Gasteiger partial charge in [0.25, 0.3) is 11.6 Å². The average Bonchev–Trinajstić information content (AvgIpc) is 3.22. The van der Waals surface area contributed by atoms with Crippen molar-refractivity contribution >= 4 is 40.2 Å². The Morgan fingerprint density at radius 1 is 1.07 bits per heavy atom. The van der Waals surface area contributed by atoms with Gasteiger partial charge >= 0.3 is 0 Å². The Hall–Kier alpha value is -3.97. The lowest BCUT2D eigenvalue weighted by Gasteiger charge is -2.04. The van der Waals surface area contributed by atoms with Gasteiger partial charge in [0, 0.05) is 23.3 Å². The quantitative estimate of drug-likeness (QED) is 0.265. The number of halogens is 1. The first-order valence-corrected chi connectivity index (χ1v) is 9.26. The molecule has 0 aliphatic carbocycles. The minimum atomic E-state index is -0.506. The van der Waals surface area contributed by atoms with Crippen molar-refractivity contribution < 1.29 is 14.1 Å². The molecule has 1 heterocycles. The lowest BCUT2D eigenvalue weighted by atomic mass is 10.0. The number of carbonyl (C=O) groups is 1. The molecule has 4 aromatic rings. The standard InChI is InChI=1S/C22H14ClN3O4/c23-20-10-8-15(26(28)29)12-19(20)21-11-9-16(30-21)13-24-25-22(27)18-7-3-5-14-4-1-2-6-17(14)18/h1-13H,(H,25,27)/b24-13-. The number of benzene rings is 3. The molecule has 4 rings (SSSR count). The molecule has 7 nitrogen and oxygen atoms in total. The van der Waals surface area contributed by atoms with E-state index >= 15 is 0 Å². The highest BCUT2D eigenvalue weighted by Crippen LogP contribution is 2.32. The fraction of sp³-hybridized carbons (Fsp3) is 0. The van der Waals surface area contributed by atoms with E-state index in [0.717, 1.165) is 10.8 Å². The molecule has 0 saturated carbocycles. The summed E-state index contributed by atoms with van der Waals surface area (Å²) in [5.41, 5.74) is 3.29. The molecule has 148 valence electrons. The van der Waals surface area contributed by atoms with Gasteiger partial charge in [-0.25, -0.2) is 5.43 Å². The Morgan fingerprint density at radius 2 is 1.87 bits per heavy atom. The number of hydrazone groups is 1. The van der Waals surface area contributed by atoms with Crippen LogP contribution < -0.4 is 5.43 Å². The summed E-state index contributed by atoms with van der Waals surface area (Å²) in [7, 11) is 0. The van der Waals surface area contributed by atoms with Crippen LogP contribution in [0.5, 0.6) is 0 Å². The summed E-state index contributed by atoms with van der Waals surface area (Å²) in [5, 5.41) is 17.0. The van der Waals surface area contributed by atoms with E-state index in [-0.39, 0.29) is 11.6 Å². The van der Waals surface area contributed by atoms with Crippen LogP contribution in [0.2, 0.25) is 5.02 Å². The summed E-state index contributed by atoms with van der Waals surface area (Å²) in [6.07, 6.45) is 1.35. The Bertz CT molecular complexity index is 1290. The number of non-ortho nitro benzene ring substituents is 1. The van der Waals surface area contributed by atoms with Crippen molar-refractivity contribution in [3.63, 3.8) is 0 Å². The highest BCUT2D eigenvalue weighted by atomic mass is 35.5. The molecule has 0 spiro atoms.